The number of nitrogens with one attached hydrogen (secondary N) is 1. The van der Waals surface area contributed by atoms with Gasteiger partial charge < -0.3 is 4.74 Å². The smallest absolute Gasteiger partial charge is 0.203 e. The molecule has 0 aliphatic heterocycles. The quantitative estimate of drug-likeness (QED) is 0.577. The molecule has 0 saturated carbocycles. The third kappa shape index (κ3) is 3.48. The van der Waals surface area contributed by atoms with Gasteiger partial charge in [0.1, 0.15) is 5.75 Å². The molecule has 22 heavy (non-hydrogen) atoms. The van der Waals surface area contributed by atoms with Crippen LogP contribution in [0.5, 0.6) is 5.75 Å². The minimum atomic E-state index is 0.727. The van der Waals surface area contributed by atoms with Gasteiger partial charge in [-0.05, 0) is 24.3 Å². The third-order valence-electron chi connectivity index (χ3n) is 2.91. The van der Waals surface area contributed by atoms with Gasteiger partial charge in [0, 0.05) is 17.1 Å². The van der Waals surface area contributed by atoms with E-state index in [0.29, 0.717) is 0 Å². The van der Waals surface area contributed by atoms with Crippen molar-refractivity contribution in [2.45, 2.75) is 0 Å². The minimum absolute atomic E-state index is 0.727. The van der Waals surface area contributed by atoms with Crippen molar-refractivity contribution in [2.24, 2.45) is 5.10 Å². The van der Waals surface area contributed by atoms with Crippen molar-refractivity contribution in [1.29, 1.82) is 0 Å². The van der Waals surface area contributed by atoms with Crippen molar-refractivity contribution in [1.82, 2.24) is 9.97 Å². The highest BCUT2D eigenvalue weighted by atomic mass is 32.1. The van der Waals surface area contributed by atoms with E-state index < -0.39 is 0 Å². The molecular formula is C16H14N4OS. The van der Waals surface area contributed by atoms with Crippen molar-refractivity contribution in [2.75, 3.05) is 12.5 Å². The first-order valence-corrected chi connectivity index (χ1v) is 7.53. The molecule has 1 aromatic carbocycles. The number of pyridine rings is 1. The van der Waals surface area contributed by atoms with E-state index in [2.05, 4.69) is 20.5 Å². The summed E-state index contributed by atoms with van der Waals surface area (Å²) in [6.07, 6.45) is 3.39. The Bertz CT molecular complexity index is 771. The zero-order valence-electron chi connectivity index (χ0n) is 11.9. The number of aromatic nitrogens is 2. The zero-order valence-corrected chi connectivity index (χ0v) is 12.7. The Morgan fingerprint density at radius 3 is 3.00 bits per heavy atom. The molecule has 0 fully saturated rings. The Hall–Kier alpha value is -2.73. The molecule has 1 N–H and O–H groups in total. The van der Waals surface area contributed by atoms with E-state index >= 15 is 0 Å². The molecule has 110 valence electrons. The van der Waals surface area contributed by atoms with Crippen LogP contribution in [0, 0.1) is 0 Å². The van der Waals surface area contributed by atoms with Crippen LogP contribution in [0.1, 0.15) is 5.69 Å². The highest BCUT2D eigenvalue weighted by molar-refractivity contribution is 7.14. The standard InChI is InChI=1S/C16H14N4OS/c1-21-14-7-4-5-12(9-14)15-11-22-16(19-15)20-18-10-13-6-2-3-8-17-13/h2-11H,1H3,(H,19,20)/b18-10-. The average molecular weight is 310 g/mol. The molecule has 0 spiro atoms. The number of methoxy groups -OCH3 is 1. The predicted molar refractivity (Wildman–Crippen MR) is 89.6 cm³/mol. The van der Waals surface area contributed by atoms with Gasteiger partial charge in [-0.2, -0.15) is 5.10 Å². The van der Waals surface area contributed by atoms with Crippen LogP contribution in [0.2, 0.25) is 0 Å². The lowest BCUT2D eigenvalue weighted by Gasteiger charge is -2.01. The van der Waals surface area contributed by atoms with E-state index in [9.17, 15) is 0 Å². The summed E-state index contributed by atoms with van der Waals surface area (Å²) < 4.78 is 5.23. The number of benzene rings is 1. The lowest BCUT2D eigenvalue weighted by molar-refractivity contribution is 0.415. The summed E-state index contributed by atoms with van der Waals surface area (Å²) in [6, 6.07) is 13.5. The topological polar surface area (TPSA) is 59.4 Å². The largest absolute Gasteiger partial charge is 0.497 e. The highest BCUT2D eigenvalue weighted by Crippen LogP contribution is 2.27. The summed E-state index contributed by atoms with van der Waals surface area (Å²) in [5, 5.41) is 6.84. The third-order valence-corrected chi connectivity index (χ3v) is 3.66. The summed E-state index contributed by atoms with van der Waals surface area (Å²) >= 11 is 1.50. The molecule has 2 aromatic heterocycles. The van der Waals surface area contributed by atoms with Gasteiger partial charge in [-0.1, -0.05) is 18.2 Å². The van der Waals surface area contributed by atoms with Gasteiger partial charge in [0.15, 0.2) is 0 Å². The molecule has 0 atom stereocenters. The van der Waals surface area contributed by atoms with Crippen LogP contribution >= 0.6 is 11.3 Å². The number of hydrazone groups is 1. The second-order valence-corrected chi connectivity index (χ2v) is 5.25. The zero-order chi connectivity index (χ0) is 15.2. The van der Waals surface area contributed by atoms with Gasteiger partial charge in [-0.25, -0.2) is 4.98 Å². The molecule has 0 unspecified atom stereocenters. The molecule has 5 nitrogen and oxygen atoms in total. The molecule has 0 aliphatic rings. The highest BCUT2D eigenvalue weighted by Gasteiger charge is 2.04. The van der Waals surface area contributed by atoms with Crippen molar-refractivity contribution >= 4 is 22.7 Å². The van der Waals surface area contributed by atoms with E-state index in [1.54, 1.807) is 19.5 Å². The maximum absolute atomic E-state index is 5.23. The van der Waals surface area contributed by atoms with Gasteiger partial charge in [0.25, 0.3) is 0 Å². The second kappa shape index (κ2) is 6.82. The Labute approximate surface area is 132 Å². The van der Waals surface area contributed by atoms with Crippen molar-refractivity contribution < 1.29 is 4.74 Å². The van der Waals surface area contributed by atoms with Crippen LogP contribution in [0.3, 0.4) is 0 Å². The normalized spacial score (nSPS) is 10.8. The van der Waals surface area contributed by atoms with Gasteiger partial charge in [0.2, 0.25) is 5.13 Å². The summed E-state index contributed by atoms with van der Waals surface area (Å²) in [5.41, 5.74) is 5.61. The van der Waals surface area contributed by atoms with Gasteiger partial charge in [-0.15, -0.1) is 11.3 Å². The first-order valence-electron chi connectivity index (χ1n) is 6.65. The molecule has 0 saturated heterocycles. The van der Waals surface area contributed by atoms with Crippen LogP contribution in [0.25, 0.3) is 11.3 Å². The first-order chi connectivity index (χ1) is 10.8. The Balaban J connectivity index is 1.70. The fourth-order valence-corrected chi connectivity index (χ4v) is 2.51. The predicted octanol–water partition coefficient (Wildman–Crippen LogP) is 3.66. The number of hydrogen-bond acceptors (Lipinski definition) is 6. The number of hydrogen-bond donors (Lipinski definition) is 1. The maximum atomic E-state index is 5.23. The summed E-state index contributed by atoms with van der Waals surface area (Å²) in [5.74, 6) is 0.813. The monoisotopic (exact) mass is 310 g/mol. The number of nitrogens with zero attached hydrogens (tertiary/aromatic N) is 3. The molecule has 6 heteroatoms. The Morgan fingerprint density at radius 2 is 2.18 bits per heavy atom. The lowest BCUT2D eigenvalue weighted by Crippen LogP contribution is -1.91. The second-order valence-electron chi connectivity index (χ2n) is 4.39. The Morgan fingerprint density at radius 1 is 1.23 bits per heavy atom. The molecule has 0 amide bonds. The van der Waals surface area contributed by atoms with Crippen molar-refractivity contribution in [3.05, 3.63) is 59.7 Å². The SMILES string of the molecule is COc1cccc(-c2csc(N/N=C\c3ccccn3)n2)c1. The molecule has 2 heterocycles. The summed E-state index contributed by atoms with van der Waals surface area (Å²) in [7, 11) is 1.65. The summed E-state index contributed by atoms with van der Waals surface area (Å²) in [4.78, 5) is 8.67. The molecule has 3 rings (SSSR count). The van der Waals surface area contributed by atoms with E-state index in [-0.39, 0.29) is 0 Å². The number of rotatable bonds is 5. The maximum Gasteiger partial charge on any atom is 0.203 e. The fraction of sp³-hybridized carbons (Fsp3) is 0.0625. The van der Waals surface area contributed by atoms with Crippen molar-refractivity contribution in [3.8, 4) is 17.0 Å². The molecule has 0 radical (unpaired) electrons. The van der Waals surface area contributed by atoms with Crippen molar-refractivity contribution in [3.63, 3.8) is 0 Å². The molecule has 3 aromatic rings. The number of anilines is 1. The number of ether oxygens (including phenoxy) is 1. The minimum Gasteiger partial charge on any atom is -0.497 e. The van der Waals surface area contributed by atoms with E-state index in [1.807, 2.05) is 47.8 Å². The fourth-order valence-electron chi connectivity index (χ4n) is 1.85. The average Bonchev–Trinajstić information content (AvgIpc) is 3.05. The van der Waals surface area contributed by atoms with Crippen LogP contribution < -0.4 is 10.2 Å². The number of thiazole rings is 1. The van der Waals surface area contributed by atoms with Crippen LogP contribution in [0.4, 0.5) is 5.13 Å². The molecule has 0 bridgehead atoms. The Kier molecular flexibility index (Phi) is 4.41. The molecular weight excluding hydrogens is 296 g/mol. The van der Waals surface area contributed by atoms with Gasteiger partial charge in [0.05, 0.1) is 24.7 Å². The van der Waals surface area contributed by atoms with Crippen LogP contribution in [-0.2, 0) is 0 Å². The first kappa shape index (κ1) is 14.2. The molecule has 0 aliphatic carbocycles. The van der Waals surface area contributed by atoms with E-state index in [1.165, 1.54) is 11.3 Å². The van der Waals surface area contributed by atoms with Gasteiger partial charge in [-0.3, -0.25) is 10.4 Å². The van der Waals surface area contributed by atoms with E-state index in [0.717, 1.165) is 27.8 Å². The lowest BCUT2D eigenvalue weighted by atomic mass is 10.2. The van der Waals surface area contributed by atoms with Gasteiger partial charge >= 0.3 is 0 Å². The van der Waals surface area contributed by atoms with Crippen LogP contribution in [0.15, 0.2) is 59.1 Å². The summed E-state index contributed by atoms with van der Waals surface area (Å²) in [6.45, 7) is 0. The van der Waals surface area contributed by atoms with Crippen LogP contribution in [-0.4, -0.2) is 23.3 Å². The van der Waals surface area contributed by atoms with E-state index in [4.69, 9.17) is 4.74 Å².